The zero-order chi connectivity index (χ0) is 31.8. The van der Waals surface area contributed by atoms with Crippen LogP contribution in [0.2, 0.25) is 0 Å². The van der Waals surface area contributed by atoms with E-state index in [2.05, 4.69) is 21.2 Å². The number of hydrogen-bond donors (Lipinski definition) is 3. The molecule has 5 rings (SSSR count). The van der Waals surface area contributed by atoms with Gasteiger partial charge in [0.05, 0.1) is 31.5 Å². The third kappa shape index (κ3) is 7.62. The van der Waals surface area contributed by atoms with Crippen molar-refractivity contribution in [2.45, 2.75) is 26.5 Å². The summed E-state index contributed by atoms with van der Waals surface area (Å²) < 4.78 is 33.3. The highest BCUT2D eigenvalue weighted by atomic mass is 32.1. The molecule has 1 atom stereocenters. The van der Waals surface area contributed by atoms with Crippen LogP contribution >= 0.6 is 12.2 Å². The highest BCUT2D eigenvalue weighted by Gasteiger charge is 2.32. The molecular weight excluding hydrogens is 600 g/mol. The summed E-state index contributed by atoms with van der Waals surface area (Å²) in [6, 6.07) is 17.4. The van der Waals surface area contributed by atoms with E-state index in [9.17, 15) is 9.59 Å². The van der Waals surface area contributed by atoms with Gasteiger partial charge in [-0.3, -0.25) is 4.79 Å². The Balaban J connectivity index is 1.18. The van der Waals surface area contributed by atoms with Gasteiger partial charge in [-0.2, -0.15) is 5.10 Å². The Morgan fingerprint density at radius 2 is 1.87 bits per heavy atom. The van der Waals surface area contributed by atoms with Crippen molar-refractivity contribution in [3.8, 4) is 28.7 Å². The summed E-state index contributed by atoms with van der Waals surface area (Å²) in [6.45, 7) is 3.90. The minimum Gasteiger partial charge on any atom is -0.493 e. The molecule has 2 aliphatic rings. The summed E-state index contributed by atoms with van der Waals surface area (Å²) in [4.78, 5) is 25.3. The first-order chi connectivity index (χ1) is 21.9. The maximum Gasteiger partial charge on any atom is 0.338 e. The van der Waals surface area contributed by atoms with Gasteiger partial charge in [0.15, 0.2) is 34.7 Å². The molecule has 0 aliphatic carbocycles. The van der Waals surface area contributed by atoms with Crippen LogP contribution in [0, 0.1) is 0 Å². The lowest BCUT2D eigenvalue weighted by Crippen LogP contribution is -2.45. The number of thiocarbonyl (C=S) groups is 1. The van der Waals surface area contributed by atoms with E-state index in [4.69, 9.17) is 40.6 Å². The fourth-order valence-corrected chi connectivity index (χ4v) is 4.96. The molecule has 0 bridgehead atoms. The number of benzene rings is 3. The Morgan fingerprint density at radius 1 is 1.04 bits per heavy atom. The molecule has 0 saturated carbocycles. The van der Waals surface area contributed by atoms with Crippen molar-refractivity contribution >= 4 is 35.4 Å². The van der Waals surface area contributed by atoms with Crippen LogP contribution in [-0.2, 0) is 20.9 Å². The van der Waals surface area contributed by atoms with Crippen LogP contribution in [0.5, 0.6) is 28.7 Å². The van der Waals surface area contributed by atoms with E-state index < -0.39 is 17.9 Å². The van der Waals surface area contributed by atoms with Gasteiger partial charge in [-0.1, -0.05) is 24.3 Å². The fourth-order valence-electron chi connectivity index (χ4n) is 4.69. The van der Waals surface area contributed by atoms with Gasteiger partial charge in [-0.15, -0.1) is 0 Å². The molecule has 0 aromatic heterocycles. The van der Waals surface area contributed by atoms with Gasteiger partial charge in [0, 0.05) is 11.3 Å². The molecular formula is C32H32N4O8S. The Morgan fingerprint density at radius 3 is 2.69 bits per heavy atom. The molecule has 2 aliphatic heterocycles. The van der Waals surface area contributed by atoms with E-state index in [1.807, 2.05) is 18.2 Å². The first kappa shape index (κ1) is 31.1. The SMILES string of the molecule is CCOC(=O)C1=C(C)NC(=S)N[C@H]1c1ccccc1OCC(=O)NN=Cc1ccc(OCc2ccc3c(c2)OCO3)c(OC)c1. The largest absolute Gasteiger partial charge is 0.493 e. The molecule has 3 N–H and O–H groups in total. The van der Waals surface area contributed by atoms with Gasteiger partial charge in [0.25, 0.3) is 5.91 Å². The summed E-state index contributed by atoms with van der Waals surface area (Å²) in [5, 5.41) is 10.5. The number of esters is 1. The molecule has 0 radical (unpaired) electrons. The number of para-hydroxylation sites is 1. The molecule has 1 amide bonds. The van der Waals surface area contributed by atoms with Gasteiger partial charge in [-0.05, 0) is 73.6 Å². The minimum atomic E-state index is -0.631. The van der Waals surface area contributed by atoms with Crippen LogP contribution in [-0.4, -0.2) is 50.3 Å². The summed E-state index contributed by atoms with van der Waals surface area (Å²) in [5.74, 6) is 1.87. The van der Waals surface area contributed by atoms with Crippen molar-refractivity contribution in [1.29, 1.82) is 0 Å². The van der Waals surface area contributed by atoms with Gasteiger partial charge in [-0.25, -0.2) is 10.2 Å². The topological polar surface area (TPSA) is 138 Å². The second kappa shape index (κ2) is 14.4. The zero-order valence-corrected chi connectivity index (χ0v) is 25.7. The maximum absolute atomic E-state index is 12.7. The van der Waals surface area contributed by atoms with E-state index in [1.165, 1.54) is 6.21 Å². The van der Waals surface area contributed by atoms with Crippen LogP contribution in [0.25, 0.3) is 0 Å². The maximum atomic E-state index is 12.7. The molecule has 0 saturated heterocycles. The van der Waals surface area contributed by atoms with E-state index in [1.54, 1.807) is 63.4 Å². The standard InChI is InChI=1S/C32H32N4O8S/c1-4-40-31(38)29-19(2)34-32(45)35-30(29)22-7-5-6-8-23(22)42-17-28(37)36-33-15-20-9-11-24(26(13-20)39-3)41-16-21-10-12-25-27(14-21)44-18-43-25/h5-15,30H,4,16-18H2,1-3H3,(H,36,37)(H2,34,35,45)/t30-/m0/s1. The van der Waals surface area contributed by atoms with Gasteiger partial charge in [0.1, 0.15) is 12.4 Å². The summed E-state index contributed by atoms with van der Waals surface area (Å²) in [6.07, 6.45) is 1.48. The number of fused-ring (bicyclic) bond motifs is 1. The number of methoxy groups -OCH3 is 1. The van der Waals surface area contributed by atoms with E-state index in [-0.39, 0.29) is 20.0 Å². The number of nitrogens with one attached hydrogen (secondary N) is 3. The number of carbonyl (C=O) groups excluding carboxylic acids is 2. The summed E-state index contributed by atoms with van der Waals surface area (Å²) >= 11 is 5.32. The lowest BCUT2D eigenvalue weighted by atomic mass is 9.95. The number of hydrogen-bond acceptors (Lipinski definition) is 10. The molecule has 2 heterocycles. The monoisotopic (exact) mass is 632 g/mol. The van der Waals surface area contributed by atoms with E-state index >= 15 is 0 Å². The molecule has 234 valence electrons. The van der Waals surface area contributed by atoms with Crippen molar-refractivity contribution < 1.29 is 38.0 Å². The number of ether oxygens (including phenoxy) is 6. The molecule has 0 spiro atoms. The van der Waals surface area contributed by atoms with Crippen LogP contribution in [0.3, 0.4) is 0 Å². The number of rotatable bonds is 12. The quantitative estimate of drug-likeness (QED) is 0.116. The van der Waals surface area contributed by atoms with E-state index in [0.29, 0.717) is 62.9 Å². The number of allylic oxidation sites excluding steroid dienone is 1. The highest BCUT2D eigenvalue weighted by molar-refractivity contribution is 7.80. The predicted octanol–water partition coefficient (Wildman–Crippen LogP) is 3.89. The molecule has 3 aromatic carbocycles. The second-order valence-corrected chi connectivity index (χ2v) is 10.2. The summed E-state index contributed by atoms with van der Waals surface area (Å²) in [5.41, 5.74) is 5.62. The van der Waals surface area contributed by atoms with Gasteiger partial charge >= 0.3 is 5.97 Å². The highest BCUT2D eigenvalue weighted by Crippen LogP contribution is 2.35. The van der Waals surface area contributed by atoms with Crippen molar-refractivity contribution in [2.24, 2.45) is 5.10 Å². The lowest BCUT2D eigenvalue weighted by molar-refractivity contribution is -0.139. The molecule has 12 nitrogen and oxygen atoms in total. The van der Waals surface area contributed by atoms with E-state index in [0.717, 1.165) is 5.56 Å². The third-order valence-corrected chi connectivity index (χ3v) is 7.00. The van der Waals surface area contributed by atoms with Crippen molar-refractivity contribution in [2.75, 3.05) is 27.1 Å². The van der Waals surface area contributed by atoms with Crippen LogP contribution in [0.15, 0.2) is 77.0 Å². The van der Waals surface area contributed by atoms with Crippen LogP contribution < -0.4 is 39.7 Å². The zero-order valence-electron chi connectivity index (χ0n) is 24.9. The van der Waals surface area contributed by atoms with Crippen molar-refractivity contribution in [3.63, 3.8) is 0 Å². The molecule has 0 fully saturated rings. The number of carbonyl (C=O) groups is 2. The van der Waals surface area contributed by atoms with Crippen molar-refractivity contribution in [1.82, 2.24) is 16.1 Å². The fraction of sp³-hybridized carbons (Fsp3) is 0.250. The Kier molecular flexibility index (Phi) is 10.00. The first-order valence-corrected chi connectivity index (χ1v) is 14.5. The van der Waals surface area contributed by atoms with Gasteiger partial charge in [0.2, 0.25) is 6.79 Å². The number of nitrogens with zero attached hydrogens (tertiary/aromatic N) is 1. The Labute approximate surface area is 265 Å². The average molecular weight is 633 g/mol. The number of hydrazone groups is 1. The summed E-state index contributed by atoms with van der Waals surface area (Å²) in [7, 11) is 1.54. The average Bonchev–Trinajstić information content (AvgIpc) is 3.51. The van der Waals surface area contributed by atoms with Crippen LogP contribution in [0.1, 0.15) is 36.6 Å². The lowest BCUT2D eigenvalue weighted by Gasteiger charge is -2.30. The van der Waals surface area contributed by atoms with Crippen LogP contribution in [0.4, 0.5) is 0 Å². The normalized spacial score (nSPS) is 15.3. The van der Waals surface area contributed by atoms with Crippen molar-refractivity contribution in [3.05, 3.63) is 88.6 Å². The number of amides is 1. The molecule has 3 aromatic rings. The molecule has 13 heteroatoms. The smallest absolute Gasteiger partial charge is 0.338 e. The second-order valence-electron chi connectivity index (χ2n) is 9.80. The Hall–Kier alpha value is -5.30. The first-order valence-electron chi connectivity index (χ1n) is 14.0. The van der Waals surface area contributed by atoms with Gasteiger partial charge < -0.3 is 39.1 Å². The minimum absolute atomic E-state index is 0.209. The molecule has 0 unspecified atom stereocenters. The third-order valence-electron chi connectivity index (χ3n) is 6.78. The Bertz CT molecular complexity index is 1660. The molecule has 45 heavy (non-hydrogen) atoms. The predicted molar refractivity (Wildman–Crippen MR) is 169 cm³/mol.